The summed E-state index contributed by atoms with van der Waals surface area (Å²) in [6.07, 6.45) is 4.14. The number of nitrogen functional groups attached to an aromatic ring is 1. The average molecular weight is 336 g/mol. The molecule has 0 spiro atoms. The highest BCUT2D eigenvalue weighted by atomic mass is 16.6. The third-order valence-corrected chi connectivity index (χ3v) is 4.67. The average Bonchev–Trinajstić information content (AvgIpc) is 3.06. The molecule has 0 amide bonds. The zero-order valence-electron chi connectivity index (χ0n) is 13.9. The van der Waals surface area contributed by atoms with Gasteiger partial charge in [0.2, 0.25) is 17.6 Å². The van der Waals surface area contributed by atoms with Gasteiger partial charge in [-0.2, -0.15) is 9.97 Å². The molecule has 0 radical (unpaired) electrons. The predicted octanol–water partition coefficient (Wildman–Crippen LogP) is 1.79. The normalized spacial score (nSPS) is 21.9. The molecule has 24 heavy (non-hydrogen) atoms. The molecule has 9 heteroatoms. The topological polar surface area (TPSA) is 119 Å². The van der Waals surface area contributed by atoms with Gasteiger partial charge in [0.05, 0.1) is 11.0 Å². The number of nitrogens with zero attached hydrogens (tertiary/aromatic N) is 4. The van der Waals surface area contributed by atoms with Gasteiger partial charge in [0.1, 0.15) is 0 Å². The molecular weight excluding hydrogens is 312 g/mol. The largest absolute Gasteiger partial charge is 0.378 e. The lowest BCUT2D eigenvalue weighted by Crippen LogP contribution is -2.34. The molecule has 2 aliphatic heterocycles. The van der Waals surface area contributed by atoms with Crippen LogP contribution in [0.3, 0.4) is 0 Å². The van der Waals surface area contributed by atoms with Gasteiger partial charge in [0, 0.05) is 26.2 Å². The van der Waals surface area contributed by atoms with Gasteiger partial charge in [-0.1, -0.05) is 6.92 Å². The molecule has 132 valence electrons. The number of rotatable bonds is 5. The van der Waals surface area contributed by atoms with Crippen LogP contribution >= 0.6 is 0 Å². The summed E-state index contributed by atoms with van der Waals surface area (Å²) < 4.78 is 5.56. The maximum absolute atomic E-state index is 11.4. The van der Waals surface area contributed by atoms with E-state index in [-0.39, 0.29) is 17.6 Å². The van der Waals surface area contributed by atoms with E-state index in [1.54, 1.807) is 0 Å². The van der Waals surface area contributed by atoms with E-state index in [0.717, 1.165) is 45.4 Å². The molecule has 2 saturated heterocycles. The summed E-state index contributed by atoms with van der Waals surface area (Å²) in [5.74, 6) is 1.16. The van der Waals surface area contributed by atoms with Crippen molar-refractivity contribution < 1.29 is 9.66 Å². The number of anilines is 3. The monoisotopic (exact) mass is 336 g/mol. The van der Waals surface area contributed by atoms with Crippen LogP contribution in [-0.2, 0) is 4.74 Å². The van der Waals surface area contributed by atoms with Gasteiger partial charge >= 0.3 is 5.69 Å². The second-order valence-electron chi connectivity index (χ2n) is 6.55. The Labute approximate surface area is 140 Å². The van der Waals surface area contributed by atoms with Crippen molar-refractivity contribution in [3.05, 3.63) is 10.1 Å². The lowest BCUT2D eigenvalue weighted by atomic mass is 9.99. The molecule has 1 aromatic rings. The molecule has 1 atom stereocenters. The Bertz CT molecular complexity index is 597. The van der Waals surface area contributed by atoms with E-state index in [1.807, 2.05) is 4.90 Å². The van der Waals surface area contributed by atoms with Crippen molar-refractivity contribution in [3.8, 4) is 0 Å². The summed E-state index contributed by atoms with van der Waals surface area (Å²) in [7, 11) is 0. The van der Waals surface area contributed by atoms with Crippen molar-refractivity contribution in [1.82, 2.24) is 9.97 Å². The van der Waals surface area contributed by atoms with Gasteiger partial charge in [-0.05, 0) is 31.6 Å². The van der Waals surface area contributed by atoms with Crippen LogP contribution in [0.1, 0.15) is 32.6 Å². The molecule has 2 fully saturated rings. The smallest absolute Gasteiger partial charge is 0.353 e. The van der Waals surface area contributed by atoms with Crippen LogP contribution in [0.2, 0.25) is 0 Å². The quantitative estimate of drug-likeness (QED) is 0.617. The van der Waals surface area contributed by atoms with Crippen molar-refractivity contribution in [2.75, 3.05) is 42.2 Å². The number of piperidine rings is 1. The molecule has 0 bridgehead atoms. The SMILES string of the molecule is CC1CCN(c2nc(NC[C@H]3CCCO3)nc(N)c2[N+](=O)[O-])CC1. The molecule has 0 aromatic carbocycles. The van der Waals surface area contributed by atoms with Crippen LogP contribution in [0, 0.1) is 16.0 Å². The van der Waals surface area contributed by atoms with E-state index in [1.165, 1.54) is 0 Å². The number of hydrogen-bond acceptors (Lipinski definition) is 8. The Morgan fingerprint density at radius 2 is 2.12 bits per heavy atom. The Hall–Kier alpha value is -2.16. The maximum atomic E-state index is 11.4. The standard InChI is InChI=1S/C15H24N6O3/c1-10-4-6-20(7-5-10)14-12(21(22)23)13(16)18-15(19-14)17-9-11-3-2-8-24-11/h10-11H,2-9H2,1H3,(H3,16,17,18,19)/t11-/m1/s1. The fourth-order valence-electron chi connectivity index (χ4n) is 3.17. The van der Waals surface area contributed by atoms with Crippen LogP contribution in [-0.4, -0.2) is 47.2 Å². The molecule has 0 aliphatic carbocycles. The first-order valence-corrected chi connectivity index (χ1v) is 8.47. The van der Waals surface area contributed by atoms with E-state index in [9.17, 15) is 10.1 Å². The van der Waals surface area contributed by atoms with E-state index in [0.29, 0.717) is 24.2 Å². The van der Waals surface area contributed by atoms with E-state index in [4.69, 9.17) is 10.5 Å². The van der Waals surface area contributed by atoms with Crippen LogP contribution in [0.5, 0.6) is 0 Å². The number of aromatic nitrogens is 2. The molecule has 1 aromatic heterocycles. The first kappa shape index (κ1) is 16.7. The lowest BCUT2D eigenvalue weighted by molar-refractivity contribution is -0.383. The summed E-state index contributed by atoms with van der Waals surface area (Å²) in [5.41, 5.74) is 5.65. The van der Waals surface area contributed by atoms with Gasteiger partial charge in [-0.3, -0.25) is 10.1 Å². The van der Waals surface area contributed by atoms with Gasteiger partial charge in [0.25, 0.3) is 0 Å². The molecule has 3 heterocycles. The van der Waals surface area contributed by atoms with Gasteiger partial charge in [0.15, 0.2) is 0 Å². The second-order valence-corrected chi connectivity index (χ2v) is 6.55. The van der Waals surface area contributed by atoms with Crippen LogP contribution in [0.25, 0.3) is 0 Å². The van der Waals surface area contributed by atoms with E-state index >= 15 is 0 Å². The van der Waals surface area contributed by atoms with Crippen LogP contribution in [0.15, 0.2) is 0 Å². The summed E-state index contributed by atoms with van der Waals surface area (Å²) in [5, 5.41) is 14.5. The molecule has 2 aliphatic rings. The zero-order valence-corrected chi connectivity index (χ0v) is 13.9. The fraction of sp³-hybridized carbons (Fsp3) is 0.733. The van der Waals surface area contributed by atoms with Crippen LogP contribution in [0.4, 0.5) is 23.3 Å². The predicted molar refractivity (Wildman–Crippen MR) is 91.2 cm³/mol. The Morgan fingerprint density at radius 3 is 2.75 bits per heavy atom. The summed E-state index contributed by atoms with van der Waals surface area (Å²) in [6.45, 7) is 5.02. The minimum atomic E-state index is -0.493. The number of ether oxygens (including phenoxy) is 1. The second kappa shape index (κ2) is 7.16. The van der Waals surface area contributed by atoms with Crippen LogP contribution < -0.4 is 16.0 Å². The third-order valence-electron chi connectivity index (χ3n) is 4.67. The Balaban J connectivity index is 1.81. The van der Waals surface area contributed by atoms with Gasteiger partial charge < -0.3 is 20.7 Å². The highest BCUT2D eigenvalue weighted by Gasteiger charge is 2.29. The minimum absolute atomic E-state index is 0.0986. The summed E-state index contributed by atoms with van der Waals surface area (Å²) >= 11 is 0. The highest BCUT2D eigenvalue weighted by molar-refractivity contribution is 5.71. The molecule has 3 N–H and O–H groups in total. The van der Waals surface area contributed by atoms with Crippen molar-refractivity contribution in [2.24, 2.45) is 5.92 Å². The molecule has 0 saturated carbocycles. The van der Waals surface area contributed by atoms with Gasteiger partial charge in [-0.15, -0.1) is 0 Å². The molecule has 9 nitrogen and oxygen atoms in total. The Kier molecular flexibility index (Phi) is 4.98. The first-order valence-electron chi connectivity index (χ1n) is 8.47. The number of nitrogens with one attached hydrogen (secondary N) is 1. The Morgan fingerprint density at radius 1 is 1.38 bits per heavy atom. The summed E-state index contributed by atoms with van der Waals surface area (Å²) in [6, 6.07) is 0. The van der Waals surface area contributed by atoms with Crippen molar-refractivity contribution in [1.29, 1.82) is 0 Å². The van der Waals surface area contributed by atoms with Crippen molar-refractivity contribution in [3.63, 3.8) is 0 Å². The number of nitrogens with two attached hydrogens (primary N) is 1. The van der Waals surface area contributed by atoms with Crippen molar-refractivity contribution >= 4 is 23.3 Å². The molecule has 3 rings (SSSR count). The number of nitro groups is 1. The molecular formula is C15H24N6O3. The zero-order chi connectivity index (χ0) is 17.1. The highest BCUT2D eigenvalue weighted by Crippen LogP contribution is 2.34. The number of hydrogen-bond donors (Lipinski definition) is 2. The van der Waals surface area contributed by atoms with Gasteiger partial charge in [-0.25, -0.2) is 0 Å². The minimum Gasteiger partial charge on any atom is -0.378 e. The molecule has 0 unspecified atom stereocenters. The maximum Gasteiger partial charge on any atom is 0.353 e. The van der Waals surface area contributed by atoms with E-state index < -0.39 is 4.92 Å². The summed E-state index contributed by atoms with van der Waals surface area (Å²) in [4.78, 5) is 21.3. The third kappa shape index (κ3) is 3.66. The lowest BCUT2D eigenvalue weighted by Gasteiger charge is -2.31. The van der Waals surface area contributed by atoms with Crippen molar-refractivity contribution in [2.45, 2.75) is 38.7 Å². The first-order chi connectivity index (χ1) is 11.5. The van der Waals surface area contributed by atoms with E-state index in [2.05, 4.69) is 22.2 Å². The fourth-order valence-corrected chi connectivity index (χ4v) is 3.17.